The zero-order valence-corrected chi connectivity index (χ0v) is 17.2. The van der Waals surface area contributed by atoms with Crippen molar-refractivity contribution >= 4 is 39.3 Å². The molecule has 0 aliphatic rings. The molecule has 154 valence electrons. The summed E-state index contributed by atoms with van der Waals surface area (Å²) in [5.74, 6) is 0.512. The lowest BCUT2D eigenvalue weighted by atomic mass is 10.1. The van der Waals surface area contributed by atoms with E-state index >= 15 is 0 Å². The second-order valence-corrected chi connectivity index (χ2v) is 7.93. The van der Waals surface area contributed by atoms with Gasteiger partial charge in [-0.3, -0.25) is 4.90 Å². The van der Waals surface area contributed by atoms with Crippen molar-refractivity contribution in [2.24, 2.45) is 5.73 Å². The number of H-pyrrole nitrogens is 1. The van der Waals surface area contributed by atoms with Crippen LogP contribution in [0.15, 0.2) is 54.9 Å². The molecule has 0 bridgehead atoms. The largest absolute Gasteiger partial charge is 0.465 e. The van der Waals surface area contributed by atoms with Crippen LogP contribution in [-0.2, 0) is 6.42 Å². The Kier molecular flexibility index (Phi) is 5.64. The molecule has 0 aliphatic heterocycles. The van der Waals surface area contributed by atoms with E-state index in [1.165, 1.54) is 16.2 Å². The van der Waals surface area contributed by atoms with Gasteiger partial charge in [0, 0.05) is 42.9 Å². The molecule has 0 saturated carbocycles. The summed E-state index contributed by atoms with van der Waals surface area (Å²) in [5, 5.41) is 14.4. The van der Waals surface area contributed by atoms with Gasteiger partial charge in [-0.1, -0.05) is 18.2 Å². The molecule has 3 heterocycles. The van der Waals surface area contributed by atoms with Crippen molar-refractivity contribution in [3.63, 3.8) is 0 Å². The SMILES string of the molecule is CNc1nccc(-c2ccc(N(CC(N)Cc3c[nH]c4ccccc34)C(=O)O)s2)n1. The van der Waals surface area contributed by atoms with Crippen molar-refractivity contribution in [1.29, 1.82) is 0 Å². The number of nitrogens with one attached hydrogen (secondary N) is 2. The number of hydrogen-bond donors (Lipinski definition) is 4. The topological polar surface area (TPSA) is 120 Å². The summed E-state index contributed by atoms with van der Waals surface area (Å²) in [5.41, 5.74) is 9.20. The number of nitrogens with two attached hydrogens (primary N) is 1. The quantitative estimate of drug-likeness (QED) is 0.360. The van der Waals surface area contributed by atoms with Crippen LogP contribution in [0.5, 0.6) is 0 Å². The first kappa shape index (κ1) is 19.9. The monoisotopic (exact) mass is 422 g/mol. The lowest BCUT2D eigenvalue weighted by Crippen LogP contribution is -2.41. The summed E-state index contributed by atoms with van der Waals surface area (Å²) in [4.78, 5) is 25.8. The fraction of sp³-hybridized carbons (Fsp3) is 0.190. The van der Waals surface area contributed by atoms with Crippen LogP contribution in [0.4, 0.5) is 15.7 Å². The van der Waals surface area contributed by atoms with Crippen LogP contribution >= 0.6 is 11.3 Å². The van der Waals surface area contributed by atoms with Gasteiger partial charge in [0.25, 0.3) is 0 Å². The molecule has 1 atom stereocenters. The molecule has 4 rings (SSSR count). The number of para-hydroxylation sites is 1. The molecule has 1 aromatic carbocycles. The third-order valence-electron chi connectivity index (χ3n) is 4.79. The van der Waals surface area contributed by atoms with Crippen molar-refractivity contribution in [2.45, 2.75) is 12.5 Å². The van der Waals surface area contributed by atoms with E-state index in [1.807, 2.05) is 36.5 Å². The number of amides is 1. The predicted molar refractivity (Wildman–Crippen MR) is 120 cm³/mol. The third kappa shape index (κ3) is 4.12. The molecular formula is C21H22N6O2S. The molecule has 1 unspecified atom stereocenters. The van der Waals surface area contributed by atoms with Crippen molar-refractivity contribution in [2.75, 3.05) is 23.8 Å². The van der Waals surface area contributed by atoms with Crippen molar-refractivity contribution < 1.29 is 9.90 Å². The van der Waals surface area contributed by atoms with Crippen LogP contribution in [0, 0.1) is 0 Å². The van der Waals surface area contributed by atoms with Crippen LogP contribution in [0.3, 0.4) is 0 Å². The van der Waals surface area contributed by atoms with E-state index in [0.717, 1.165) is 27.0 Å². The number of anilines is 2. The first-order chi connectivity index (χ1) is 14.5. The Bertz CT molecular complexity index is 1170. The molecule has 5 N–H and O–H groups in total. The number of hydrogen-bond acceptors (Lipinski definition) is 6. The molecule has 0 fully saturated rings. The summed E-state index contributed by atoms with van der Waals surface area (Å²) >= 11 is 1.36. The maximum atomic E-state index is 11.9. The molecule has 0 radical (unpaired) electrons. The number of benzene rings is 1. The van der Waals surface area contributed by atoms with Gasteiger partial charge in [-0.05, 0) is 36.2 Å². The van der Waals surface area contributed by atoms with E-state index in [1.54, 1.807) is 25.4 Å². The summed E-state index contributed by atoms with van der Waals surface area (Å²) in [6.45, 7) is 0.195. The maximum absolute atomic E-state index is 11.9. The van der Waals surface area contributed by atoms with Gasteiger partial charge in [0.2, 0.25) is 5.95 Å². The molecule has 0 spiro atoms. The number of carbonyl (C=O) groups is 1. The Labute approximate surface area is 177 Å². The maximum Gasteiger partial charge on any atom is 0.412 e. The van der Waals surface area contributed by atoms with Crippen LogP contribution in [0.2, 0.25) is 0 Å². The average Bonchev–Trinajstić information content (AvgIpc) is 3.40. The molecule has 1 amide bonds. The number of aromatic nitrogens is 3. The molecular weight excluding hydrogens is 400 g/mol. The summed E-state index contributed by atoms with van der Waals surface area (Å²) in [6.07, 6.45) is 3.15. The zero-order valence-electron chi connectivity index (χ0n) is 16.4. The molecule has 9 heteroatoms. The Balaban J connectivity index is 1.51. The van der Waals surface area contributed by atoms with Crippen LogP contribution < -0.4 is 16.0 Å². The van der Waals surface area contributed by atoms with E-state index in [-0.39, 0.29) is 12.6 Å². The highest BCUT2D eigenvalue weighted by atomic mass is 32.1. The summed E-state index contributed by atoms with van der Waals surface area (Å²) < 4.78 is 0. The number of nitrogens with zero attached hydrogens (tertiary/aromatic N) is 3. The lowest BCUT2D eigenvalue weighted by Gasteiger charge is -2.21. The Morgan fingerprint density at radius 3 is 2.93 bits per heavy atom. The van der Waals surface area contributed by atoms with Gasteiger partial charge >= 0.3 is 6.09 Å². The lowest BCUT2D eigenvalue weighted by molar-refractivity contribution is 0.201. The van der Waals surface area contributed by atoms with E-state index < -0.39 is 6.09 Å². The minimum absolute atomic E-state index is 0.195. The van der Waals surface area contributed by atoms with Gasteiger partial charge in [0.05, 0.1) is 10.6 Å². The fourth-order valence-electron chi connectivity index (χ4n) is 3.37. The smallest absolute Gasteiger partial charge is 0.412 e. The molecule has 4 aromatic rings. The fourth-order valence-corrected chi connectivity index (χ4v) is 4.35. The molecule has 0 saturated heterocycles. The predicted octanol–water partition coefficient (Wildman–Crippen LogP) is 3.78. The van der Waals surface area contributed by atoms with Crippen LogP contribution in [-0.4, -0.2) is 45.8 Å². The van der Waals surface area contributed by atoms with Gasteiger partial charge in [0.1, 0.15) is 5.00 Å². The van der Waals surface area contributed by atoms with Gasteiger partial charge in [-0.2, -0.15) is 0 Å². The van der Waals surface area contributed by atoms with Gasteiger partial charge in [-0.15, -0.1) is 11.3 Å². The second kappa shape index (κ2) is 8.52. The Morgan fingerprint density at radius 2 is 2.13 bits per heavy atom. The van der Waals surface area contributed by atoms with Crippen molar-refractivity contribution in [3.8, 4) is 10.6 Å². The highest BCUT2D eigenvalue weighted by Crippen LogP contribution is 2.33. The number of thiophene rings is 1. The standard InChI is InChI=1S/C21H22N6O2S/c1-23-20-24-9-8-17(26-20)18-6-7-19(30-18)27(21(28)29)12-14(22)10-13-11-25-16-5-3-2-4-15(13)16/h2-9,11,14,25H,10,12,22H2,1H3,(H,28,29)(H,23,24,26). The molecule has 30 heavy (non-hydrogen) atoms. The number of fused-ring (bicyclic) bond motifs is 1. The highest BCUT2D eigenvalue weighted by Gasteiger charge is 2.21. The minimum atomic E-state index is -1.03. The van der Waals surface area contributed by atoms with E-state index in [0.29, 0.717) is 17.4 Å². The first-order valence-corrected chi connectivity index (χ1v) is 10.3. The van der Waals surface area contributed by atoms with Crippen molar-refractivity contribution in [1.82, 2.24) is 15.0 Å². The summed E-state index contributed by atoms with van der Waals surface area (Å²) in [7, 11) is 1.75. The highest BCUT2D eigenvalue weighted by molar-refractivity contribution is 7.19. The molecule has 3 aromatic heterocycles. The Hall–Kier alpha value is -3.43. The van der Waals surface area contributed by atoms with Crippen molar-refractivity contribution in [3.05, 3.63) is 60.4 Å². The zero-order chi connectivity index (χ0) is 21.1. The van der Waals surface area contributed by atoms with Gasteiger partial charge in [-0.25, -0.2) is 14.8 Å². The number of aromatic amines is 1. The minimum Gasteiger partial charge on any atom is -0.465 e. The normalized spacial score (nSPS) is 12.1. The van der Waals surface area contributed by atoms with E-state index in [2.05, 4.69) is 20.3 Å². The van der Waals surface area contributed by atoms with E-state index in [9.17, 15) is 9.90 Å². The number of rotatable bonds is 7. The average molecular weight is 423 g/mol. The summed E-state index contributed by atoms with van der Waals surface area (Å²) in [6, 6.07) is 13.1. The van der Waals surface area contributed by atoms with Gasteiger partial charge in [0.15, 0.2) is 0 Å². The number of carboxylic acid groups (broad SMARTS) is 1. The molecule has 8 nitrogen and oxygen atoms in total. The Morgan fingerprint density at radius 1 is 1.30 bits per heavy atom. The second-order valence-electron chi connectivity index (χ2n) is 6.87. The molecule has 0 aliphatic carbocycles. The van der Waals surface area contributed by atoms with Crippen LogP contribution in [0.25, 0.3) is 21.5 Å². The third-order valence-corrected chi connectivity index (χ3v) is 5.93. The van der Waals surface area contributed by atoms with E-state index in [4.69, 9.17) is 5.73 Å². The first-order valence-electron chi connectivity index (χ1n) is 9.47. The van der Waals surface area contributed by atoms with Crippen LogP contribution in [0.1, 0.15) is 5.56 Å². The van der Waals surface area contributed by atoms with Gasteiger partial charge < -0.3 is 21.1 Å².